The van der Waals surface area contributed by atoms with E-state index < -0.39 is 18.5 Å². The molecular weight excluding hydrogens is 395 g/mol. The van der Waals surface area contributed by atoms with Gasteiger partial charge in [-0.15, -0.1) is 11.3 Å². The van der Waals surface area contributed by atoms with Gasteiger partial charge in [0.15, 0.2) is 11.7 Å². The van der Waals surface area contributed by atoms with Gasteiger partial charge in [-0.3, -0.25) is 10.1 Å². The van der Waals surface area contributed by atoms with Gasteiger partial charge in [-0.25, -0.2) is 9.78 Å². The van der Waals surface area contributed by atoms with Crippen LogP contribution < -0.4 is 5.32 Å². The highest BCUT2D eigenvalue weighted by molar-refractivity contribution is 7.14. The lowest BCUT2D eigenvalue weighted by molar-refractivity contribution is -0.119. The van der Waals surface area contributed by atoms with Crippen molar-refractivity contribution in [3.05, 3.63) is 69.5 Å². The Hall–Kier alpha value is -2.41. The van der Waals surface area contributed by atoms with Crippen molar-refractivity contribution in [2.45, 2.75) is 0 Å². The molecule has 0 saturated carbocycles. The van der Waals surface area contributed by atoms with Gasteiger partial charge in [0.25, 0.3) is 5.91 Å². The number of carbonyl (C=O) groups excluding carboxylic acids is 2. The van der Waals surface area contributed by atoms with Crippen LogP contribution in [-0.2, 0) is 9.53 Å². The first kappa shape index (κ1) is 18.4. The van der Waals surface area contributed by atoms with Crippen molar-refractivity contribution in [1.29, 1.82) is 0 Å². The van der Waals surface area contributed by atoms with Crippen LogP contribution in [0.15, 0.2) is 53.9 Å². The van der Waals surface area contributed by atoms with E-state index >= 15 is 0 Å². The lowest BCUT2D eigenvalue weighted by Gasteiger charge is -2.06. The Bertz CT molecular complexity index is 945. The molecule has 1 heterocycles. The van der Waals surface area contributed by atoms with Crippen LogP contribution in [0.5, 0.6) is 0 Å². The maximum absolute atomic E-state index is 12.0. The summed E-state index contributed by atoms with van der Waals surface area (Å²) in [6.45, 7) is -0.446. The van der Waals surface area contributed by atoms with Gasteiger partial charge in [-0.1, -0.05) is 53.5 Å². The molecular formula is C18H12Cl2N2O3S. The molecule has 0 unspecified atom stereocenters. The van der Waals surface area contributed by atoms with Gasteiger partial charge in [-0.05, 0) is 18.2 Å². The summed E-state index contributed by atoms with van der Waals surface area (Å²) in [6.07, 6.45) is 0. The monoisotopic (exact) mass is 406 g/mol. The summed E-state index contributed by atoms with van der Waals surface area (Å²) in [5.74, 6) is -1.19. The second kappa shape index (κ2) is 8.31. The van der Waals surface area contributed by atoms with Crippen LogP contribution in [0.4, 0.5) is 5.13 Å². The number of esters is 1. The first-order valence-corrected chi connectivity index (χ1v) is 9.09. The molecule has 3 aromatic rings. The molecule has 0 aliphatic heterocycles. The molecule has 1 amide bonds. The molecule has 0 fully saturated rings. The number of carbonyl (C=O) groups is 2. The predicted octanol–water partition coefficient (Wildman–Crippen LogP) is 4.91. The van der Waals surface area contributed by atoms with Crippen molar-refractivity contribution in [2.24, 2.45) is 0 Å². The third kappa shape index (κ3) is 4.60. The van der Waals surface area contributed by atoms with Crippen LogP contribution in [0.3, 0.4) is 0 Å². The topological polar surface area (TPSA) is 68.3 Å². The third-order valence-electron chi connectivity index (χ3n) is 3.31. The van der Waals surface area contributed by atoms with E-state index in [1.807, 2.05) is 35.7 Å². The van der Waals surface area contributed by atoms with E-state index in [0.717, 1.165) is 11.3 Å². The van der Waals surface area contributed by atoms with Gasteiger partial charge in [0.05, 0.1) is 16.3 Å². The standard InChI is InChI=1S/C18H12Cl2N2O3S/c19-12-6-7-13(14(20)8-12)17(24)25-9-16(23)22-18-21-15(10-26-18)11-4-2-1-3-5-11/h1-8,10H,9H2,(H,21,22,23). The Morgan fingerprint density at radius 3 is 2.62 bits per heavy atom. The summed E-state index contributed by atoms with van der Waals surface area (Å²) < 4.78 is 4.97. The number of benzene rings is 2. The van der Waals surface area contributed by atoms with Gasteiger partial charge in [-0.2, -0.15) is 0 Å². The molecule has 8 heteroatoms. The molecule has 2 aromatic carbocycles. The normalized spacial score (nSPS) is 10.4. The number of hydrogen-bond acceptors (Lipinski definition) is 5. The molecule has 132 valence electrons. The molecule has 0 saturated heterocycles. The Morgan fingerprint density at radius 2 is 1.88 bits per heavy atom. The second-order valence-electron chi connectivity index (χ2n) is 5.15. The predicted molar refractivity (Wildman–Crippen MR) is 103 cm³/mol. The zero-order valence-electron chi connectivity index (χ0n) is 13.2. The van der Waals surface area contributed by atoms with E-state index in [1.165, 1.54) is 29.5 Å². The Balaban J connectivity index is 1.56. The number of hydrogen-bond donors (Lipinski definition) is 1. The smallest absolute Gasteiger partial charge is 0.340 e. The van der Waals surface area contributed by atoms with E-state index in [1.54, 1.807) is 0 Å². The van der Waals surface area contributed by atoms with Gasteiger partial charge < -0.3 is 4.74 Å². The van der Waals surface area contributed by atoms with E-state index in [9.17, 15) is 9.59 Å². The molecule has 0 aliphatic carbocycles. The minimum atomic E-state index is -0.703. The molecule has 1 N–H and O–H groups in total. The Kier molecular flexibility index (Phi) is 5.88. The lowest BCUT2D eigenvalue weighted by Crippen LogP contribution is -2.21. The number of aromatic nitrogens is 1. The van der Waals surface area contributed by atoms with E-state index in [-0.39, 0.29) is 10.6 Å². The number of anilines is 1. The summed E-state index contributed by atoms with van der Waals surface area (Å²) in [6, 6.07) is 14.0. The van der Waals surface area contributed by atoms with Crippen molar-refractivity contribution in [3.63, 3.8) is 0 Å². The summed E-state index contributed by atoms with van der Waals surface area (Å²) >= 11 is 13.0. The third-order valence-corrected chi connectivity index (χ3v) is 4.61. The lowest BCUT2D eigenvalue weighted by atomic mass is 10.2. The number of thiazole rings is 1. The molecule has 0 bridgehead atoms. The van der Waals surface area contributed by atoms with Crippen molar-refractivity contribution in [2.75, 3.05) is 11.9 Å². The molecule has 1 aromatic heterocycles. The van der Waals surface area contributed by atoms with Crippen molar-refractivity contribution in [3.8, 4) is 11.3 Å². The van der Waals surface area contributed by atoms with Crippen LogP contribution in [0.2, 0.25) is 10.0 Å². The second-order valence-corrected chi connectivity index (χ2v) is 6.85. The highest BCUT2D eigenvalue weighted by atomic mass is 35.5. The minimum absolute atomic E-state index is 0.143. The van der Waals surface area contributed by atoms with E-state index in [0.29, 0.717) is 10.2 Å². The number of nitrogens with zero attached hydrogens (tertiary/aromatic N) is 1. The average molecular weight is 407 g/mol. The highest BCUT2D eigenvalue weighted by Gasteiger charge is 2.15. The van der Waals surface area contributed by atoms with Crippen molar-refractivity contribution < 1.29 is 14.3 Å². The summed E-state index contributed by atoms with van der Waals surface area (Å²) in [5.41, 5.74) is 1.85. The maximum atomic E-state index is 12.0. The van der Waals surface area contributed by atoms with Crippen LogP contribution >= 0.6 is 34.5 Å². The fraction of sp³-hybridized carbons (Fsp3) is 0.0556. The van der Waals surface area contributed by atoms with Gasteiger partial charge in [0, 0.05) is 16.0 Å². The zero-order chi connectivity index (χ0) is 18.5. The first-order valence-electron chi connectivity index (χ1n) is 7.46. The fourth-order valence-electron chi connectivity index (χ4n) is 2.09. The summed E-state index contributed by atoms with van der Waals surface area (Å²) in [4.78, 5) is 28.3. The van der Waals surface area contributed by atoms with Crippen LogP contribution in [-0.4, -0.2) is 23.5 Å². The summed E-state index contributed by atoms with van der Waals surface area (Å²) in [5, 5.41) is 5.43. The average Bonchev–Trinajstić information content (AvgIpc) is 3.09. The quantitative estimate of drug-likeness (QED) is 0.610. The Morgan fingerprint density at radius 1 is 1.12 bits per heavy atom. The number of amides is 1. The van der Waals surface area contributed by atoms with Crippen LogP contribution in [0.25, 0.3) is 11.3 Å². The number of halogens is 2. The van der Waals surface area contributed by atoms with Gasteiger partial charge in [0.2, 0.25) is 0 Å². The molecule has 26 heavy (non-hydrogen) atoms. The SMILES string of the molecule is O=C(COC(=O)c1ccc(Cl)cc1Cl)Nc1nc(-c2ccccc2)cs1. The van der Waals surface area contributed by atoms with Crippen molar-refractivity contribution >= 4 is 51.5 Å². The number of nitrogens with one attached hydrogen (secondary N) is 1. The molecule has 0 radical (unpaired) electrons. The first-order chi connectivity index (χ1) is 12.5. The highest BCUT2D eigenvalue weighted by Crippen LogP contribution is 2.25. The van der Waals surface area contributed by atoms with Crippen molar-refractivity contribution in [1.82, 2.24) is 4.98 Å². The number of rotatable bonds is 5. The van der Waals surface area contributed by atoms with Gasteiger partial charge in [0.1, 0.15) is 0 Å². The van der Waals surface area contributed by atoms with Gasteiger partial charge >= 0.3 is 5.97 Å². The van der Waals surface area contributed by atoms with Crippen LogP contribution in [0.1, 0.15) is 10.4 Å². The largest absolute Gasteiger partial charge is 0.452 e. The molecule has 0 aliphatic rings. The fourth-order valence-corrected chi connectivity index (χ4v) is 3.31. The number of ether oxygens (including phenoxy) is 1. The van der Waals surface area contributed by atoms with E-state index in [4.69, 9.17) is 27.9 Å². The molecule has 3 rings (SSSR count). The van der Waals surface area contributed by atoms with E-state index in [2.05, 4.69) is 10.3 Å². The summed E-state index contributed by atoms with van der Waals surface area (Å²) in [7, 11) is 0. The Labute approximate surface area is 163 Å². The molecule has 0 spiro atoms. The van der Waals surface area contributed by atoms with Crippen LogP contribution in [0, 0.1) is 0 Å². The zero-order valence-corrected chi connectivity index (χ0v) is 15.6. The minimum Gasteiger partial charge on any atom is -0.452 e. The maximum Gasteiger partial charge on any atom is 0.340 e. The molecule has 5 nitrogen and oxygen atoms in total. The molecule has 0 atom stereocenters.